The number of unbranched alkanes of at least 4 members (excludes halogenated alkanes) is 1. The Kier molecular flexibility index (Phi) is 20.9. The van der Waals surface area contributed by atoms with Crippen LogP contribution in [0.2, 0.25) is 0 Å². The molecule has 2 rings (SSSR count). The van der Waals surface area contributed by atoms with Crippen molar-refractivity contribution in [3.63, 3.8) is 0 Å². The number of nitrogens with two attached hydrogens (primary N) is 4. The molecular formula is C29H50N10O5S. The zero-order valence-electron chi connectivity index (χ0n) is 26.6. The van der Waals surface area contributed by atoms with Crippen molar-refractivity contribution in [3.8, 4) is 0 Å². The topological polar surface area (TPSA) is 251 Å². The van der Waals surface area contributed by atoms with E-state index in [0.29, 0.717) is 38.8 Å². The second-order valence-corrected chi connectivity index (χ2v) is 10.5. The van der Waals surface area contributed by atoms with Gasteiger partial charge in [-0.1, -0.05) is 35.9 Å². The van der Waals surface area contributed by atoms with E-state index in [9.17, 15) is 19.2 Å². The lowest BCUT2D eigenvalue weighted by atomic mass is 10.1. The second kappa shape index (κ2) is 23.1. The fourth-order valence-corrected chi connectivity index (χ4v) is 3.78. The maximum Gasteiger partial charge on any atom is 0.322 e. The fraction of sp³-hybridized carbons (Fsp3) is 0.517. The van der Waals surface area contributed by atoms with Crippen LogP contribution in [0.4, 0.5) is 0 Å². The average Bonchev–Trinajstić information content (AvgIpc) is 3.21. The van der Waals surface area contributed by atoms with Crippen molar-refractivity contribution in [2.24, 2.45) is 42.0 Å². The van der Waals surface area contributed by atoms with Crippen molar-refractivity contribution in [1.82, 2.24) is 25.1 Å². The molecule has 0 bridgehead atoms. The Morgan fingerprint density at radius 1 is 0.956 bits per heavy atom. The zero-order valence-corrected chi connectivity index (χ0v) is 27.4. The van der Waals surface area contributed by atoms with Crippen LogP contribution in [-0.4, -0.2) is 82.2 Å². The van der Waals surface area contributed by atoms with Gasteiger partial charge < -0.3 is 53.1 Å². The predicted molar refractivity (Wildman–Crippen MR) is 178 cm³/mol. The Labute approximate surface area is 269 Å². The van der Waals surface area contributed by atoms with Gasteiger partial charge in [0.05, 0.1) is 12.6 Å². The van der Waals surface area contributed by atoms with E-state index >= 15 is 0 Å². The molecule has 1 aromatic carbocycles. The lowest BCUT2D eigenvalue weighted by molar-refractivity contribution is -0.138. The number of aliphatic carboxylic acids is 1. The molecule has 15 nitrogen and oxygen atoms in total. The van der Waals surface area contributed by atoms with Gasteiger partial charge in [0.1, 0.15) is 12.6 Å². The van der Waals surface area contributed by atoms with E-state index in [2.05, 4.69) is 40.0 Å². The maximum atomic E-state index is 12.1. The lowest BCUT2D eigenvalue weighted by Gasteiger charge is -2.18. The first-order chi connectivity index (χ1) is 21.2. The molecule has 2 atom stereocenters. The first-order valence-corrected chi connectivity index (χ1v) is 14.9. The number of amides is 3. The third kappa shape index (κ3) is 19.6. The number of benzene rings is 1. The molecule has 12 N–H and O–H groups in total. The van der Waals surface area contributed by atoms with Crippen molar-refractivity contribution < 1.29 is 24.3 Å². The molecule has 0 aliphatic heterocycles. The summed E-state index contributed by atoms with van der Waals surface area (Å²) in [6.07, 6.45) is 4.32. The summed E-state index contributed by atoms with van der Waals surface area (Å²) in [5.41, 5.74) is 24.0. The minimum atomic E-state index is -1.20. The van der Waals surface area contributed by atoms with Crippen LogP contribution >= 0.6 is 12.2 Å². The number of rotatable bonds is 15. The molecule has 16 heteroatoms. The van der Waals surface area contributed by atoms with Gasteiger partial charge in [-0.15, -0.1) is 0 Å². The van der Waals surface area contributed by atoms with E-state index < -0.39 is 42.3 Å². The van der Waals surface area contributed by atoms with Gasteiger partial charge in [-0.05, 0) is 64.7 Å². The molecule has 0 saturated heterocycles. The maximum absolute atomic E-state index is 12.1. The van der Waals surface area contributed by atoms with Gasteiger partial charge in [-0.2, -0.15) is 0 Å². The summed E-state index contributed by atoms with van der Waals surface area (Å²) in [4.78, 5) is 50.4. The third-order valence-corrected chi connectivity index (χ3v) is 6.74. The summed E-state index contributed by atoms with van der Waals surface area (Å²) in [6.45, 7) is 3.94. The number of aromatic nitrogens is 2. The van der Waals surface area contributed by atoms with E-state index in [1.54, 1.807) is 0 Å². The summed E-state index contributed by atoms with van der Waals surface area (Å²) in [7, 11) is 3.92. The molecule has 0 aliphatic rings. The van der Waals surface area contributed by atoms with Crippen LogP contribution in [-0.2, 0) is 33.3 Å². The predicted octanol–water partition coefficient (Wildman–Crippen LogP) is -0.305. The number of carboxylic acids is 1. The first-order valence-electron chi connectivity index (χ1n) is 14.5. The van der Waals surface area contributed by atoms with Gasteiger partial charge in [-0.25, -0.2) is 0 Å². The smallest absolute Gasteiger partial charge is 0.322 e. The monoisotopic (exact) mass is 650 g/mol. The number of nitrogens with zero attached hydrogens (tertiary/aromatic N) is 3. The number of hydrogen-bond donors (Lipinski definition) is 8. The number of aryl methyl sites for hydroxylation is 3. The molecule has 0 saturated carbocycles. The largest absolute Gasteiger partial charge is 0.480 e. The quantitative estimate of drug-likeness (QED) is 0.0540. The van der Waals surface area contributed by atoms with Crippen LogP contribution in [0.15, 0.2) is 41.5 Å². The van der Waals surface area contributed by atoms with E-state index in [1.807, 2.05) is 54.5 Å². The van der Waals surface area contributed by atoms with Crippen LogP contribution < -0.4 is 38.9 Å². The van der Waals surface area contributed by atoms with E-state index in [4.69, 9.17) is 40.3 Å². The van der Waals surface area contributed by atoms with Crippen molar-refractivity contribution >= 4 is 41.9 Å². The summed E-state index contributed by atoms with van der Waals surface area (Å²) < 4.78 is 4.78. The molecule has 0 radical (unpaired) electrons. The van der Waals surface area contributed by atoms with Gasteiger partial charge in [0, 0.05) is 32.5 Å². The van der Waals surface area contributed by atoms with Crippen molar-refractivity contribution in [2.75, 3.05) is 26.2 Å². The van der Waals surface area contributed by atoms with Gasteiger partial charge in [0.25, 0.3) is 0 Å². The number of aliphatic imine (C=N–C) groups is 1. The molecule has 0 spiro atoms. The van der Waals surface area contributed by atoms with Gasteiger partial charge in [0.2, 0.25) is 17.7 Å². The number of nitrogens with one attached hydrogen (secondary N) is 3. The highest BCUT2D eigenvalue weighted by molar-refractivity contribution is 7.71. The van der Waals surface area contributed by atoms with Crippen molar-refractivity contribution in [1.29, 1.82) is 0 Å². The lowest BCUT2D eigenvalue weighted by Crippen LogP contribution is -2.51. The first kappa shape index (κ1) is 40.7. The number of imidazole rings is 1. The number of carboxylic acid groups (broad SMARTS) is 1. The minimum Gasteiger partial charge on any atom is -0.480 e. The molecule has 1 heterocycles. The Morgan fingerprint density at radius 3 is 2.02 bits per heavy atom. The van der Waals surface area contributed by atoms with Crippen LogP contribution in [0.25, 0.3) is 0 Å². The van der Waals surface area contributed by atoms with Crippen LogP contribution in [0.1, 0.15) is 43.4 Å². The minimum absolute atomic E-state index is 0.0481. The van der Waals surface area contributed by atoms with E-state index in [1.165, 1.54) is 11.3 Å². The molecule has 3 amide bonds. The molecular weight excluding hydrogens is 600 g/mol. The van der Waals surface area contributed by atoms with Crippen molar-refractivity contribution in [2.45, 2.75) is 58.0 Å². The molecule has 2 unspecified atom stereocenters. The molecule has 45 heavy (non-hydrogen) atoms. The fourth-order valence-electron chi connectivity index (χ4n) is 3.59. The van der Waals surface area contributed by atoms with Crippen LogP contribution in [0, 0.1) is 18.6 Å². The molecule has 252 valence electrons. The van der Waals surface area contributed by atoms with Gasteiger partial charge >= 0.3 is 5.97 Å². The van der Waals surface area contributed by atoms with Crippen LogP contribution in [0.5, 0.6) is 0 Å². The highest BCUT2D eigenvalue weighted by Gasteiger charge is 2.21. The Bertz CT molecular complexity index is 1280. The highest BCUT2D eigenvalue weighted by Crippen LogP contribution is 2.01. The number of guanidine groups is 1. The van der Waals surface area contributed by atoms with Gasteiger partial charge in [-0.3, -0.25) is 24.2 Å². The summed E-state index contributed by atoms with van der Waals surface area (Å²) in [6, 6.07) is 8.49. The SMILES string of the molecule is Cc1ccccc1.Cc1cn(C)c(=S)n1C.NCCCCC(NC(=O)CNC(=O)C(N)CCCN=C(N)N)C(=O)NCC(=O)O. The highest BCUT2D eigenvalue weighted by atomic mass is 32.1. The molecule has 0 aliphatic carbocycles. The Balaban J connectivity index is 0.000000961. The zero-order chi connectivity index (χ0) is 34.4. The Morgan fingerprint density at radius 2 is 1.58 bits per heavy atom. The number of carbonyl (C=O) groups is 4. The van der Waals surface area contributed by atoms with Gasteiger partial charge in [0.15, 0.2) is 10.7 Å². The van der Waals surface area contributed by atoms with Crippen molar-refractivity contribution in [3.05, 3.63) is 52.6 Å². The molecule has 1 aromatic heterocycles. The van der Waals surface area contributed by atoms with E-state index in [0.717, 1.165) is 4.77 Å². The standard InChI is InChI=1S/C16H32N8O5.C7H8.C6H10N2S/c17-6-2-1-5-11(15(29)23-9-13(26)27)24-12(25)8-22-14(28)10(18)4-3-7-21-16(19)20;1-7-5-3-2-4-6-7;1-5-4-7(2)6(9)8(5)3/h10-11H,1-9,17-18H2,(H,22,28)(H,23,29)(H,24,25)(H,26,27)(H4,19,20,21);2-6H,1H3;4H,1-3H3. The van der Waals surface area contributed by atoms with E-state index in [-0.39, 0.29) is 18.9 Å². The van der Waals surface area contributed by atoms with Crippen LogP contribution in [0.3, 0.4) is 0 Å². The Hall–Kier alpha value is -4.28. The molecule has 0 fully saturated rings. The summed E-state index contributed by atoms with van der Waals surface area (Å²) in [5, 5.41) is 15.7. The summed E-state index contributed by atoms with van der Waals surface area (Å²) >= 11 is 5.04. The summed E-state index contributed by atoms with van der Waals surface area (Å²) in [5.74, 6) is -3.01. The third-order valence-electron chi connectivity index (χ3n) is 6.18. The molecule has 2 aromatic rings. The number of hydrogen-bond acceptors (Lipinski definition) is 8. The average molecular weight is 651 g/mol. The second-order valence-electron chi connectivity index (χ2n) is 10.2. The number of carbonyl (C=O) groups excluding carboxylic acids is 3. The normalized spacial score (nSPS) is 11.3.